The van der Waals surface area contributed by atoms with E-state index in [1.165, 1.54) is 0 Å². The van der Waals surface area contributed by atoms with Gasteiger partial charge in [-0.1, -0.05) is 0 Å². The molecule has 0 amide bonds. The average molecular weight is 559 g/mol. The first-order valence-electron chi connectivity index (χ1n) is 13.3. The predicted octanol–water partition coefficient (Wildman–Crippen LogP) is 5.36. The first-order chi connectivity index (χ1) is 19.4. The number of carbonyl (C=O) groups excluding carboxylic acids is 3. The maximum absolute atomic E-state index is 12.3. The van der Waals surface area contributed by atoms with E-state index < -0.39 is 18.1 Å². The quantitative estimate of drug-likeness (QED) is 0.213. The Balaban J connectivity index is 1.07. The minimum Gasteiger partial charge on any atom is -0.497 e. The Bertz CT molecular complexity index is 1010. The van der Waals surface area contributed by atoms with Crippen LogP contribution in [0.1, 0.15) is 72.1 Å². The van der Waals surface area contributed by atoms with Gasteiger partial charge in [-0.05, 0) is 99.9 Å². The van der Waals surface area contributed by atoms with Crippen LogP contribution in [0.2, 0.25) is 0 Å². The van der Waals surface area contributed by atoms with Gasteiger partial charge in [-0.2, -0.15) is 9.78 Å². The van der Waals surface area contributed by atoms with Crippen LogP contribution in [0.15, 0.2) is 48.5 Å². The number of hydrogen-bond donors (Lipinski definition) is 0. The molecule has 0 saturated heterocycles. The fraction of sp³-hybridized carbons (Fsp3) is 0.483. The van der Waals surface area contributed by atoms with Gasteiger partial charge in [-0.3, -0.25) is 9.78 Å². The maximum atomic E-state index is 12.3. The molecule has 0 N–H and O–H groups in total. The Hall–Kier alpha value is -3.83. The van der Waals surface area contributed by atoms with Gasteiger partial charge in [-0.15, -0.1) is 0 Å². The Morgan fingerprint density at radius 2 is 0.850 bits per heavy atom. The highest BCUT2D eigenvalue weighted by molar-refractivity contribution is 5.89. The Morgan fingerprint density at radius 1 is 0.525 bits per heavy atom. The highest BCUT2D eigenvalue weighted by Gasteiger charge is 2.30. The molecule has 216 valence electrons. The number of carbonyl (C=O) groups is 3. The Morgan fingerprint density at radius 3 is 1.18 bits per heavy atom. The highest BCUT2D eigenvalue weighted by atomic mass is 17.2. The van der Waals surface area contributed by atoms with Gasteiger partial charge in [0.2, 0.25) is 0 Å². The molecule has 0 bridgehead atoms. The average Bonchev–Trinajstić information content (AvgIpc) is 3.00. The van der Waals surface area contributed by atoms with E-state index >= 15 is 0 Å². The largest absolute Gasteiger partial charge is 0.508 e. The minimum atomic E-state index is -0.703. The van der Waals surface area contributed by atoms with E-state index in [0.717, 1.165) is 0 Å². The predicted molar refractivity (Wildman–Crippen MR) is 139 cm³/mol. The minimum absolute atomic E-state index is 0.271. The summed E-state index contributed by atoms with van der Waals surface area (Å²) < 4.78 is 21.1. The third kappa shape index (κ3) is 8.59. The molecule has 0 aromatic heterocycles. The van der Waals surface area contributed by atoms with E-state index in [1.807, 2.05) is 0 Å². The van der Waals surface area contributed by atoms with E-state index in [9.17, 15) is 14.4 Å². The van der Waals surface area contributed by atoms with Gasteiger partial charge < -0.3 is 18.9 Å². The smallest absolute Gasteiger partial charge is 0.497 e. The van der Waals surface area contributed by atoms with Crippen LogP contribution in [0.4, 0.5) is 4.79 Å². The van der Waals surface area contributed by atoms with Gasteiger partial charge in [0, 0.05) is 0 Å². The first-order valence-corrected chi connectivity index (χ1v) is 13.3. The molecule has 2 aromatic carbocycles. The summed E-state index contributed by atoms with van der Waals surface area (Å²) in [4.78, 5) is 57.2. The van der Waals surface area contributed by atoms with Crippen molar-refractivity contribution in [2.75, 3.05) is 14.2 Å². The lowest BCUT2D eigenvalue weighted by molar-refractivity contribution is -0.282. The lowest BCUT2D eigenvalue weighted by Gasteiger charge is -2.29. The van der Waals surface area contributed by atoms with Crippen LogP contribution in [0.3, 0.4) is 0 Å². The molecule has 2 fully saturated rings. The Kier molecular flexibility index (Phi) is 10.6. The van der Waals surface area contributed by atoms with Crippen molar-refractivity contribution in [1.82, 2.24) is 0 Å². The van der Waals surface area contributed by atoms with Crippen molar-refractivity contribution in [2.45, 2.75) is 75.8 Å². The molecule has 4 rings (SSSR count). The van der Waals surface area contributed by atoms with E-state index in [-0.39, 0.29) is 24.4 Å². The van der Waals surface area contributed by atoms with Crippen molar-refractivity contribution in [1.29, 1.82) is 0 Å². The molecule has 0 heterocycles. The van der Waals surface area contributed by atoms with Crippen LogP contribution >= 0.6 is 0 Å². The number of hydrogen-bond acceptors (Lipinski definition) is 11. The standard InChI is InChI=1S/C29H34O11/c1-33-21-7-3-19(4-8-21)27(30)39-37-25-15-11-23(12-16-25)35-29(32)36-24-13-17-26(18-14-24)38-40-28(31)20-5-9-22(34-2)10-6-20/h3-10,23-26H,11-18H2,1-2H3. The number of rotatable bonds is 10. The van der Waals surface area contributed by atoms with Gasteiger partial charge in [0.15, 0.2) is 0 Å². The molecular formula is C29H34O11. The second kappa shape index (κ2) is 14.5. The van der Waals surface area contributed by atoms with Crippen LogP contribution < -0.4 is 9.47 Å². The summed E-state index contributed by atoms with van der Waals surface area (Å²) in [6.07, 6.45) is 2.75. The van der Waals surface area contributed by atoms with E-state index in [1.54, 1.807) is 62.8 Å². The highest BCUT2D eigenvalue weighted by Crippen LogP contribution is 2.27. The third-order valence-electron chi connectivity index (χ3n) is 6.94. The van der Waals surface area contributed by atoms with Gasteiger partial charge in [0.05, 0.1) is 25.3 Å². The molecule has 2 aromatic rings. The third-order valence-corrected chi connectivity index (χ3v) is 6.94. The van der Waals surface area contributed by atoms with Gasteiger partial charge in [0.25, 0.3) is 0 Å². The number of methoxy groups -OCH3 is 2. The molecular weight excluding hydrogens is 524 g/mol. The zero-order valence-corrected chi connectivity index (χ0v) is 22.6. The molecule has 0 unspecified atom stereocenters. The summed E-state index contributed by atoms with van der Waals surface area (Å²) in [5.41, 5.74) is 0.714. The van der Waals surface area contributed by atoms with Crippen LogP contribution in [0.25, 0.3) is 0 Å². The first kappa shape index (κ1) is 29.2. The fourth-order valence-electron chi connectivity index (χ4n) is 4.57. The Labute approximate surface area is 232 Å². The fourth-order valence-corrected chi connectivity index (χ4v) is 4.57. The van der Waals surface area contributed by atoms with Crippen LogP contribution in [0.5, 0.6) is 11.5 Å². The van der Waals surface area contributed by atoms with Crippen LogP contribution in [-0.4, -0.2) is 56.7 Å². The molecule has 11 heteroatoms. The molecule has 0 spiro atoms. The molecule has 40 heavy (non-hydrogen) atoms. The normalized spacial score (nSPS) is 22.4. The SMILES string of the molecule is COc1ccc(C(=O)OOC2CCC(OC(=O)OC3CCC(OOC(=O)c4ccc(OC)cc4)CC3)CC2)cc1. The van der Waals surface area contributed by atoms with E-state index in [0.29, 0.717) is 74.0 Å². The summed E-state index contributed by atoms with van der Waals surface area (Å²) in [6, 6.07) is 13.1. The van der Waals surface area contributed by atoms with Crippen molar-refractivity contribution in [3.63, 3.8) is 0 Å². The summed E-state index contributed by atoms with van der Waals surface area (Å²) in [5, 5.41) is 0. The van der Waals surface area contributed by atoms with Crippen molar-refractivity contribution in [2.24, 2.45) is 0 Å². The monoisotopic (exact) mass is 558 g/mol. The van der Waals surface area contributed by atoms with Gasteiger partial charge in [-0.25, -0.2) is 14.4 Å². The van der Waals surface area contributed by atoms with Gasteiger partial charge >= 0.3 is 18.1 Å². The molecule has 2 aliphatic carbocycles. The lowest BCUT2D eigenvalue weighted by Crippen LogP contribution is -2.32. The second-order valence-electron chi connectivity index (χ2n) is 9.67. The second-order valence-corrected chi connectivity index (χ2v) is 9.67. The van der Waals surface area contributed by atoms with Crippen molar-refractivity contribution in [3.8, 4) is 11.5 Å². The van der Waals surface area contributed by atoms with Gasteiger partial charge in [0.1, 0.15) is 35.9 Å². The summed E-state index contributed by atoms with van der Waals surface area (Å²) >= 11 is 0. The van der Waals surface area contributed by atoms with E-state index in [2.05, 4.69) is 0 Å². The number of ether oxygens (including phenoxy) is 4. The summed E-state index contributed by atoms with van der Waals surface area (Å²) in [5.74, 6) is 0.111. The molecule has 0 atom stereocenters. The van der Waals surface area contributed by atoms with Crippen LogP contribution in [0, 0.1) is 0 Å². The maximum Gasteiger partial charge on any atom is 0.508 e. The van der Waals surface area contributed by atoms with Crippen molar-refractivity contribution in [3.05, 3.63) is 59.7 Å². The number of benzene rings is 2. The summed E-state index contributed by atoms with van der Waals surface area (Å²) in [7, 11) is 3.09. The van der Waals surface area contributed by atoms with Crippen molar-refractivity contribution >= 4 is 18.1 Å². The zero-order chi connectivity index (χ0) is 28.3. The van der Waals surface area contributed by atoms with Crippen molar-refractivity contribution < 1.29 is 52.9 Å². The van der Waals surface area contributed by atoms with Crippen LogP contribution in [-0.2, 0) is 29.0 Å². The molecule has 2 saturated carbocycles. The summed E-state index contributed by atoms with van der Waals surface area (Å²) in [6.45, 7) is 0. The molecule has 2 aliphatic rings. The topological polar surface area (TPSA) is 125 Å². The zero-order valence-electron chi connectivity index (χ0n) is 22.6. The molecule has 0 aliphatic heterocycles. The molecule has 0 radical (unpaired) electrons. The van der Waals surface area contributed by atoms with E-state index in [4.69, 9.17) is 38.5 Å². The lowest BCUT2D eigenvalue weighted by atomic mass is 9.95. The molecule has 11 nitrogen and oxygen atoms in total.